The predicted molar refractivity (Wildman–Crippen MR) is 57.8 cm³/mol. The van der Waals surface area contributed by atoms with Gasteiger partial charge in [-0.15, -0.1) is 0 Å². The summed E-state index contributed by atoms with van der Waals surface area (Å²) in [6.07, 6.45) is -1.95. The van der Waals surface area contributed by atoms with E-state index >= 15 is 0 Å². The molecule has 0 spiro atoms. The van der Waals surface area contributed by atoms with Crippen LogP contribution in [-0.2, 0) is 4.79 Å². The van der Waals surface area contributed by atoms with Crippen LogP contribution in [0.4, 0.5) is 0 Å². The maximum absolute atomic E-state index is 10.7. The van der Waals surface area contributed by atoms with Crippen LogP contribution < -0.4 is 0 Å². The molecule has 0 aliphatic heterocycles. The number of rotatable bonds is 8. The van der Waals surface area contributed by atoms with Crippen molar-refractivity contribution in [1.82, 2.24) is 0 Å². The van der Waals surface area contributed by atoms with E-state index in [-0.39, 0.29) is 18.6 Å². The number of aliphatic hydroxyl groups excluding tert-OH is 3. The second-order valence-electron chi connectivity index (χ2n) is 4.01. The zero-order valence-corrected chi connectivity index (χ0v) is 9.54. The highest BCUT2D eigenvalue weighted by Gasteiger charge is 2.29. The molecule has 0 aliphatic carbocycles. The molecule has 0 fully saturated rings. The fourth-order valence-corrected chi connectivity index (χ4v) is 1.40. The molecule has 0 aliphatic rings. The molecule has 0 aromatic heterocycles. The molecule has 6 heteroatoms. The monoisotopic (exact) mass is 233 g/mol. The Morgan fingerprint density at radius 3 is 2.31 bits per heavy atom. The van der Waals surface area contributed by atoms with Crippen molar-refractivity contribution >= 4 is 5.78 Å². The Kier molecular flexibility index (Phi) is 7.03. The van der Waals surface area contributed by atoms with Gasteiger partial charge in [-0.05, 0) is 13.3 Å². The molecule has 0 saturated heterocycles. The summed E-state index contributed by atoms with van der Waals surface area (Å²) in [5.74, 6) is -0.726. The quantitative estimate of drug-likeness (QED) is 0.505. The lowest BCUT2D eigenvalue weighted by atomic mass is 9.91. The SMILES string of the molecule is CC(=O)CCC(O)C(O)C(C)C(CO)N=O. The van der Waals surface area contributed by atoms with Gasteiger partial charge in [0.1, 0.15) is 11.8 Å². The molecule has 0 radical (unpaired) electrons. The highest BCUT2D eigenvalue weighted by Crippen LogP contribution is 2.17. The molecule has 0 heterocycles. The van der Waals surface area contributed by atoms with E-state index in [1.165, 1.54) is 13.8 Å². The maximum Gasteiger partial charge on any atom is 0.129 e. The van der Waals surface area contributed by atoms with Gasteiger partial charge in [0.2, 0.25) is 0 Å². The molecular weight excluding hydrogens is 214 g/mol. The van der Waals surface area contributed by atoms with Gasteiger partial charge in [-0.2, -0.15) is 4.91 Å². The summed E-state index contributed by atoms with van der Waals surface area (Å²) in [7, 11) is 0. The van der Waals surface area contributed by atoms with Crippen molar-refractivity contribution in [3.05, 3.63) is 4.91 Å². The molecule has 0 saturated carbocycles. The van der Waals surface area contributed by atoms with Gasteiger partial charge in [0.15, 0.2) is 0 Å². The van der Waals surface area contributed by atoms with Crippen LogP contribution in [-0.4, -0.2) is 46.0 Å². The third-order valence-corrected chi connectivity index (χ3v) is 2.65. The number of carbonyl (C=O) groups is 1. The highest BCUT2D eigenvalue weighted by atomic mass is 16.3. The van der Waals surface area contributed by atoms with Crippen molar-refractivity contribution < 1.29 is 20.1 Å². The van der Waals surface area contributed by atoms with E-state index < -0.39 is 30.8 Å². The van der Waals surface area contributed by atoms with Crippen LogP contribution in [0.1, 0.15) is 26.7 Å². The van der Waals surface area contributed by atoms with E-state index in [1.54, 1.807) is 0 Å². The molecule has 4 unspecified atom stereocenters. The predicted octanol–water partition coefficient (Wildman–Crippen LogP) is -0.159. The van der Waals surface area contributed by atoms with Crippen molar-refractivity contribution in [2.45, 2.75) is 44.9 Å². The van der Waals surface area contributed by atoms with E-state index in [1.807, 2.05) is 0 Å². The number of nitroso groups, excluding NO2 is 1. The van der Waals surface area contributed by atoms with E-state index in [0.717, 1.165) is 0 Å². The molecule has 4 atom stereocenters. The molecule has 0 bridgehead atoms. The number of aliphatic hydroxyl groups is 3. The molecule has 16 heavy (non-hydrogen) atoms. The summed E-state index contributed by atoms with van der Waals surface area (Å²) < 4.78 is 0. The Morgan fingerprint density at radius 1 is 1.38 bits per heavy atom. The van der Waals surface area contributed by atoms with E-state index in [4.69, 9.17) is 5.11 Å². The Bertz CT molecular complexity index is 233. The van der Waals surface area contributed by atoms with Crippen LogP contribution in [0.25, 0.3) is 0 Å². The number of hydrogen-bond acceptors (Lipinski definition) is 6. The first-order chi connectivity index (χ1) is 7.43. The van der Waals surface area contributed by atoms with Crippen molar-refractivity contribution in [1.29, 1.82) is 0 Å². The van der Waals surface area contributed by atoms with Crippen LogP contribution in [0.15, 0.2) is 5.18 Å². The third kappa shape index (κ3) is 4.78. The fraction of sp³-hybridized carbons (Fsp3) is 0.900. The minimum absolute atomic E-state index is 0.0777. The largest absolute Gasteiger partial charge is 0.394 e. The summed E-state index contributed by atoms with van der Waals surface area (Å²) in [6.45, 7) is 2.44. The molecule has 6 nitrogen and oxygen atoms in total. The van der Waals surface area contributed by atoms with E-state index in [2.05, 4.69) is 5.18 Å². The molecule has 0 aromatic carbocycles. The Morgan fingerprint density at radius 2 is 1.94 bits per heavy atom. The summed E-state index contributed by atoms with van der Waals surface area (Å²) in [4.78, 5) is 21.0. The van der Waals surface area contributed by atoms with Crippen LogP contribution >= 0.6 is 0 Å². The summed E-state index contributed by atoms with van der Waals surface area (Å²) >= 11 is 0. The summed E-state index contributed by atoms with van der Waals surface area (Å²) in [5.41, 5.74) is 0. The molecule has 0 rings (SSSR count). The number of nitrogens with zero attached hydrogens (tertiary/aromatic N) is 1. The van der Waals surface area contributed by atoms with Crippen LogP contribution in [0, 0.1) is 10.8 Å². The van der Waals surface area contributed by atoms with Crippen molar-refractivity contribution in [3.8, 4) is 0 Å². The van der Waals surface area contributed by atoms with Gasteiger partial charge in [0.25, 0.3) is 0 Å². The lowest BCUT2D eigenvalue weighted by molar-refractivity contribution is -0.118. The van der Waals surface area contributed by atoms with Gasteiger partial charge in [-0.25, -0.2) is 0 Å². The average molecular weight is 233 g/mol. The van der Waals surface area contributed by atoms with Gasteiger partial charge in [0.05, 0.1) is 18.8 Å². The average Bonchev–Trinajstić information content (AvgIpc) is 2.26. The van der Waals surface area contributed by atoms with Crippen molar-refractivity contribution in [2.24, 2.45) is 11.1 Å². The van der Waals surface area contributed by atoms with Gasteiger partial charge >= 0.3 is 0 Å². The molecule has 0 aromatic rings. The molecular formula is C10H19NO5. The van der Waals surface area contributed by atoms with Gasteiger partial charge in [-0.3, -0.25) is 0 Å². The first-order valence-electron chi connectivity index (χ1n) is 5.22. The number of hydrogen-bond donors (Lipinski definition) is 3. The van der Waals surface area contributed by atoms with Gasteiger partial charge < -0.3 is 20.1 Å². The Hall–Kier alpha value is -0.850. The summed E-state index contributed by atoms with van der Waals surface area (Å²) in [5, 5.41) is 30.7. The van der Waals surface area contributed by atoms with Crippen molar-refractivity contribution in [2.75, 3.05) is 6.61 Å². The first kappa shape index (κ1) is 15.2. The zero-order valence-electron chi connectivity index (χ0n) is 9.54. The first-order valence-corrected chi connectivity index (χ1v) is 5.22. The third-order valence-electron chi connectivity index (χ3n) is 2.65. The highest BCUT2D eigenvalue weighted by molar-refractivity contribution is 5.75. The van der Waals surface area contributed by atoms with Gasteiger partial charge in [-0.1, -0.05) is 12.1 Å². The smallest absolute Gasteiger partial charge is 0.129 e. The lowest BCUT2D eigenvalue weighted by Crippen LogP contribution is -2.39. The van der Waals surface area contributed by atoms with Crippen molar-refractivity contribution in [3.63, 3.8) is 0 Å². The fourth-order valence-electron chi connectivity index (χ4n) is 1.40. The second-order valence-corrected chi connectivity index (χ2v) is 4.01. The minimum Gasteiger partial charge on any atom is -0.394 e. The molecule has 0 amide bonds. The summed E-state index contributed by atoms with van der Waals surface area (Å²) in [6, 6.07) is -0.943. The molecule has 3 N–H and O–H groups in total. The topological polar surface area (TPSA) is 107 Å². The maximum atomic E-state index is 10.7. The molecule has 94 valence electrons. The van der Waals surface area contributed by atoms with Crippen LogP contribution in [0.5, 0.6) is 0 Å². The lowest BCUT2D eigenvalue weighted by Gasteiger charge is -2.25. The Balaban J connectivity index is 4.24. The zero-order chi connectivity index (χ0) is 12.7. The van der Waals surface area contributed by atoms with Gasteiger partial charge in [0, 0.05) is 12.3 Å². The van der Waals surface area contributed by atoms with Crippen LogP contribution in [0.3, 0.4) is 0 Å². The number of ketones is 1. The minimum atomic E-state index is -1.17. The number of carbonyl (C=O) groups excluding carboxylic acids is 1. The normalized spacial score (nSPS) is 18.6. The van der Waals surface area contributed by atoms with E-state index in [9.17, 15) is 19.9 Å². The van der Waals surface area contributed by atoms with E-state index in [0.29, 0.717) is 0 Å². The Labute approximate surface area is 94.3 Å². The number of Topliss-reactive ketones (excluding diaryl/α,β-unsaturated/α-hetero) is 1. The van der Waals surface area contributed by atoms with Crippen LogP contribution in [0.2, 0.25) is 0 Å². The second kappa shape index (κ2) is 7.43. The standard InChI is InChI=1S/C10H19NO5/c1-6(13)3-4-9(14)10(15)7(2)8(5-12)11-16/h7-10,12,14-15H,3-5H2,1-2H3.